The van der Waals surface area contributed by atoms with Crippen LogP contribution in [0.25, 0.3) is 11.3 Å². The Labute approximate surface area is 443 Å². The first kappa shape index (κ1) is 56.0. The fourth-order valence-electron chi connectivity index (χ4n) is 9.68. The Hall–Kier alpha value is -6.74. The van der Waals surface area contributed by atoms with Gasteiger partial charge in [0.2, 0.25) is 20.0 Å². The first-order valence-corrected chi connectivity index (χ1v) is 28.8. The van der Waals surface area contributed by atoms with Gasteiger partial charge in [-0.2, -0.15) is 10.2 Å². The highest BCUT2D eigenvalue weighted by molar-refractivity contribution is 7.92. The van der Waals surface area contributed by atoms with Gasteiger partial charge in [0.05, 0.1) is 65.0 Å². The molecule has 18 nitrogen and oxygen atoms in total. The minimum Gasteiger partial charge on any atom is -0.478 e. The number of rotatable bonds is 11. The number of anilines is 2. The van der Waals surface area contributed by atoms with E-state index in [9.17, 15) is 31.2 Å². The van der Waals surface area contributed by atoms with Crippen molar-refractivity contribution < 1.29 is 36.3 Å². The molecule has 7 aromatic rings. The Kier molecular flexibility index (Phi) is 17.2. The average Bonchev–Trinajstić information content (AvgIpc) is 3.95. The Morgan fingerprint density at radius 2 is 1.24 bits per heavy atom. The second-order valence-corrected chi connectivity index (χ2v) is 23.7. The monoisotopic (exact) mass is 1080 g/mol. The molecule has 6 heterocycles. The minimum absolute atomic E-state index is 0.0552. The molecule has 21 heteroatoms. The van der Waals surface area contributed by atoms with Crippen LogP contribution in [0.3, 0.4) is 0 Å². The first-order valence-electron chi connectivity index (χ1n) is 24.7. The van der Waals surface area contributed by atoms with Crippen molar-refractivity contribution in [1.82, 2.24) is 39.0 Å². The lowest BCUT2D eigenvalue weighted by molar-refractivity contribution is 0.0505. The number of carbonyl (C=O) groups excluding carboxylic acids is 2. The van der Waals surface area contributed by atoms with Gasteiger partial charge < -0.3 is 10.0 Å². The number of amides is 1. The highest BCUT2D eigenvalue weighted by atomic mass is 35.5. The van der Waals surface area contributed by atoms with E-state index in [-0.39, 0.29) is 40.9 Å². The number of fused-ring (bicyclic) bond motifs is 2. The Morgan fingerprint density at radius 3 is 1.85 bits per heavy atom. The van der Waals surface area contributed by atoms with Crippen LogP contribution in [0, 0.1) is 53.4 Å². The molecule has 75 heavy (non-hydrogen) atoms. The average molecular weight is 1080 g/mol. The summed E-state index contributed by atoms with van der Waals surface area (Å²) in [5.41, 5.74) is 10.2. The number of benzene rings is 3. The van der Waals surface area contributed by atoms with E-state index in [1.165, 1.54) is 12.1 Å². The third-order valence-electron chi connectivity index (χ3n) is 13.6. The summed E-state index contributed by atoms with van der Waals surface area (Å²) in [5, 5.41) is 19.0. The molecule has 2 saturated heterocycles. The minimum atomic E-state index is -3.52. The fourth-order valence-corrected chi connectivity index (χ4v) is 11.1. The quantitative estimate of drug-likeness (QED) is 0.0811. The predicted molar refractivity (Wildman–Crippen MR) is 292 cm³/mol. The van der Waals surface area contributed by atoms with E-state index in [4.69, 9.17) is 26.9 Å². The SMILES string of the molecule is Cc1ccc(NS(C)(=O)=O)c(C(=O)N2CCCC(C)C2c2cc3nc(C)c(C)cn3n2)c1.Cc1ccc(NS(C)(=O)=O)c(C(=O)O)c1.Cc1nc2cc(C3C(C)CCCN3CC(=O)c3ccccc3)nn2c(Cl)c1C. The summed E-state index contributed by atoms with van der Waals surface area (Å²) in [6.07, 6.45) is 8.08. The summed E-state index contributed by atoms with van der Waals surface area (Å²) in [6, 6.07) is 23.0. The maximum absolute atomic E-state index is 13.8. The molecule has 2 fully saturated rings. The number of hydrogen-bond donors (Lipinski definition) is 3. The molecule has 4 unspecified atom stereocenters. The van der Waals surface area contributed by atoms with Crippen molar-refractivity contribution in [3.8, 4) is 0 Å². The molecule has 2 aliphatic heterocycles. The van der Waals surface area contributed by atoms with Crippen LogP contribution >= 0.6 is 11.6 Å². The number of sulfonamides is 2. The molecule has 9 rings (SSSR count). The number of nitrogens with one attached hydrogen (secondary N) is 2. The lowest BCUT2D eigenvalue weighted by atomic mass is 9.88. The summed E-state index contributed by atoms with van der Waals surface area (Å²) in [6.45, 7) is 17.7. The van der Waals surface area contributed by atoms with Crippen molar-refractivity contribution in [2.45, 2.75) is 93.2 Å². The van der Waals surface area contributed by atoms with Crippen LogP contribution < -0.4 is 9.44 Å². The molecule has 3 aromatic carbocycles. The van der Waals surface area contributed by atoms with Gasteiger partial charge in [0.15, 0.2) is 17.1 Å². The van der Waals surface area contributed by atoms with E-state index in [1.54, 1.807) is 40.2 Å². The number of aromatic nitrogens is 6. The molecule has 0 bridgehead atoms. The van der Waals surface area contributed by atoms with Crippen LogP contribution in [0.4, 0.5) is 11.4 Å². The number of nitrogens with zero attached hydrogens (tertiary/aromatic N) is 8. The van der Waals surface area contributed by atoms with Gasteiger partial charge in [0.25, 0.3) is 5.91 Å². The maximum atomic E-state index is 13.8. The number of aryl methyl sites for hydroxylation is 5. The van der Waals surface area contributed by atoms with Gasteiger partial charge in [-0.25, -0.2) is 40.6 Å². The highest BCUT2D eigenvalue weighted by Gasteiger charge is 2.37. The number of carbonyl (C=O) groups is 3. The molecule has 0 aliphatic carbocycles. The summed E-state index contributed by atoms with van der Waals surface area (Å²) in [4.78, 5) is 50.8. The number of hydrogen-bond acceptors (Lipinski definition) is 12. The van der Waals surface area contributed by atoms with Crippen molar-refractivity contribution in [3.63, 3.8) is 0 Å². The summed E-state index contributed by atoms with van der Waals surface area (Å²) < 4.78 is 53.8. The Bertz CT molecular complexity index is 3470. The molecule has 3 N–H and O–H groups in total. The van der Waals surface area contributed by atoms with E-state index in [1.807, 2.05) is 88.2 Å². The highest BCUT2D eigenvalue weighted by Crippen LogP contribution is 2.39. The van der Waals surface area contributed by atoms with Crippen molar-refractivity contribution in [2.24, 2.45) is 11.8 Å². The molecule has 0 saturated carbocycles. The third kappa shape index (κ3) is 13.6. The standard InChI is InChI=1S/C23H29N5O3S.C22H25ClN4O.C9H11NO4S/c1-14-8-9-19(26-32(5,30)31)18(11-14)23(29)27-10-6-7-15(2)22(27)20-12-21-24-17(4)16(3)13-28(21)25-20;1-14-8-7-11-26(13-19(28)17-9-5-4-6-10-17)21(14)18-12-20-24-16(3)15(2)22(23)27(20)25-18;1-6-3-4-8(10-15(2,13)14)7(5-6)9(11)12/h8-9,11-13,15,22,26H,6-7,10H2,1-5H3;4-6,9-10,12,14,21H,7-8,11,13H2,1-3H3;3-5,10H,1-2H3,(H,11,12). The zero-order valence-electron chi connectivity index (χ0n) is 43.9. The lowest BCUT2D eigenvalue weighted by Crippen LogP contribution is -2.42. The van der Waals surface area contributed by atoms with Crippen molar-refractivity contribution in [1.29, 1.82) is 0 Å². The van der Waals surface area contributed by atoms with Crippen LogP contribution in [0.15, 0.2) is 85.1 Å². The van der Waals surface area contributed by atoms with Gasteiger partial charge in [0, 0.05) is 47.4 Å². The van der Waals surface area contributed by atoms with Crippen LogP contribution in [-0.4, -0.2) is 111 Å². The van der Waals surface area contributed by atoms with Gasteiger partial charge >= 0.3 is 5.97 Å². The van der Waals surface area contributed by atoms with E-state index < -0.39 is 26.0 Å². The third-order valence-corrected chi connectivity index (χ3v) is 15.2. The Morgan fingerprint density at radius 1 is 0.693 bits per heavy atom. The number of ketones is 1. The van der Waals surface area contributed by atoms with E-state index in [2.05, 4.69) is 38.2 Å². The van der Waals surface area contributed by atoms with Crippen LogP contribution in [-0.2, 0) is 20.0 Å². The van der Waals surface area contributed by atoms with Crippen molar-refractivity contribution in [3.05, 3.63) is 152 Å². The molecule has 4 atom stereocenters. The number of piperidine rings is 2. The molecule has 1 amide bonds. The van der Waals surface area contributed by atoms with Crippen LogP contribution in [0.1, 0.15) is 128 Å². The number of Topliss-reactive ketones (excluding diaryl/α,β-unsaturated/α-hetero) is 1. The van der Waals surface area contributed by atoms with Crippen molar-refractivity contribution >= 4 is 72.0 Å². The van der Waals surface area contributed by atoms with E-state index in [0.717, 1.165) is 107 Å². The van der Waals surface area contributed by atoms with E-state index >= 15 is 0 Å². The van der Waals surface area contributed by atoms with Crippen LogP contribution in [0.5, 0.6) is 0 Å². The lowest BCUT2D eigenvalue weighted by Gasteiger charge is -2.39. The molecular formula is C54H65ClN10O8S2. The van der Waals surface area contributed by atoms with Gasteiger partial charge in [-0.05, 0) is 115 Å². The molecule has 2 aliphatic rings. The second-order valence-electron chi connectivity index (χ2n) is 19.9. The zero-order chi connectivity index (χ0) is 54.7. The molecule has 398 valence electrons. The zero-order valence-corrected chi connectivity index (χ0v) is 46.3. The van der Waals surface area contributed by atoms with Gasteiger partial charge in [-0.1, -0.05) is 79.0 Å². The van der Waals surface area contributed by atoms with Crippen molar-refractivity contribution in [2.75, 3.05) is 41.6 Å². The second kappa shape index (κ2) is 23.0. The van der Waals surface area contributed by atoms with Gasteiger partial charge in [0.1, 0.15) is 5.15 Å². The summed E-state index contributed by atoms with van der Waals surface area (Å²) in [5.74, 6) is -0.607. The molecular weight excluding hydrogens is 1020 g/mol. The molecule has 0 spiro atoms. The van der Waals surface area contributed by atoms with Gasteiger partial charge in [-0.3, -0.25) is 23.9 Å². The number of carboxylic acid groups (broad SMARTS) is 1. The smallest absolute Gasteiger partial charge is 0.337 e. The number of likely N-dealkylation sites (tertiary alicyclic amines) is 2. The normalized spacial score (nSPS) is 18.1. The topological polar surface area (TPSA) is 231 Å². The largest absolute Gasteiger partial charge is 0.478 e. The maximum Gasteiger partial charge on any atom is 0.337 e. The summed E-state index contributed by atoms with van der Waals surface area (Å²) in [7, 11) is -6.98. The number of halogens is 1. The predicted octanol–water partition coefficient (Wildman–Crippen LogP) is 9.36. The number of carboxylic acids is 1. The van der Waals surface area contributed by atoms with Gasteiger partial charge in [-0.15, -0.1) is 0 Å². The molecule has 0 radical (unpaired) electrons. The van der Waals surface area contributed by atoms with Crippen LogP contribution in [0.2, 0.25) is 5.15 Å². The first-order chi connectivity index (χ1) is 35.3. The number of aromatic carboxylic acids is 1. The molecule has 4 aromatic heterocycles. The van der Waals surface area contributed by atoms with E-state index in [0.29, 0.717) is 35.4 Å². The summed E-state index contributed by atoms with van der Waals surface area (Å²) >= 11 is 6.51. The Balaban J connectivity index is 0.000000175. The fraction of sp³-hybridized carbons (Fsp3) is 0.389.